The molecule has 0 bridgehead atoms. The Balaban J connectivity index is 2.12. The number of rotatable bonds is 1. The maximum atomic E-state index is 6.38. The van der Waals surface area contributed by atoms with Gasteiger partial charge in [-0.05, 0) is 31.4 Å². The van der Waals surface area contributed by atoms with Crippen LogP contribution in [0.2, 0.25) is 0 Å². The lowest BCUT2D eigenvalue weighted by Gasteiger charge is -2.40. The summed E-state index contributed by atoms with van der Waals surface area (Å²) in [5.41, 5.74) is 8.41. The molecule has 2 aliphatic rings. The van der Waals surface area contributed by atoms with E-state index < -0.39 is 0 Å². The van der Waals surface area contributed by atoms with Gasteiger partial charge in [0.05, 0.1) is 6.61 Å². The fraction of sp³-hybridized carbons (Fsp3) is 0.500. The van der Waals surface area contributed by atoms with Crippen molar-refractivity contribution in [3.8, 4) is 5.75 Å². The first-order chi connectivity index (χ1) is 7.69. The molecule has 3 rings (SSSR count). The summed E-state index contributed by atoms with van der Waals surface area (Å²) in [6.45, 7) is 0.940. The molecule has 0 saturated heterocycles. The minimum Gasteiger partial charge on any atom is -0.467 e. The van der Waals surface area contributed by atoms with Gasteiger partial charge in [0.1, 0.15) is 5.75 Å². The van der Waals surface area contributed by atoms with Crippen molar-refractivity contribution in [3.63, 3.8) is 0 Å². The average molecular weight is 284 g/mol. The molecule has 1 aromatic carbocycles. The number of hydrogen-bond acceptors (Lipinski definition) is 3. The van der Waals surface area contributed by atoms with Crippen LogP contribution >= 0.6 is 15.9 Å². The van der Waals surface area contributed by atoms with Crippen LogP contribution in [0.3, 0.4) is 0 Å². The molecule has 4 heteroatoms. The zero-order chi connectivity index (χ0) is 11.2. The Hall–Kier alpha value is -0.580. The quantitative estimate of drug-likeness (QED) is 0.862. The highest BCUT2D eigenvalue weighted by molar-refractivity contribution is 9.10. The van der Waals surface area contributed by atoms with E-state index in [2.05, 4.69) is 22.0 Å². The van der Waals surface area contributed by atoms with Crippen LogP contribution in [0.4, 0.5) is 0 Å². The topological polar surface area (TPSA) is 44.5 Å². The molecule has 0 aromatic heterocycles. The normalized spacial score (nSPS) is 21.9. The van der Waals surface area contributed by atoms with Crippen molar-refractivity contribution < 1.29 is 9.47 Å². The Labute approximate surface area is 103 Å². The van der Waals surface area contributed by atoms with Crippen LogP contribution in [0, 0.1) is 0 Å². The highest BCUT2D eigenvalue weighted by atomic mass is 79.9. The minimum atomic E-state index is -0.189. The molecule has 0 unspecified atom stereocenters. The van der Waals surface area contributed by atoms with Crippen LogP contribution in [0.1, 0.15) is 30.4 Å². The summed E-state index contributed by atoms with van der Waals surface area (Å²) in [5.74, 6) is 0.941. The maximum absolute atomic E-state index is 6.38. The number of halogens is 1. The second kappa shape index (κ2) is 3.72. The fourth-order valence-corrected chi connectivity index (χ4v) is 2.88. The highest BCUT2D eigenvalue weighted by Gasteiger charge is 2.38. The van der Waals surface area contributed by atoms with Gasteiger partial charge < -0.3 is 15.2 Å². The lowest BCUT2D eigenvalue weighted by molar-refractivity contribution is -0.0185. The third-order valence-corrected chi connectivity index (χ3v) is 3.91. The van der Waals surface area contributed by atoms with E-state index in [1.54, 1.807) is 0 Å². The van der Waals surface area contributed by atoms with Gasteiger partial charge in [0.25, 0.3) is 0 Å². The molecule has 1 saturated carbocycles. The van der Waals surface area contributed by atoms with Gasteiger partial charge in [0, 0.05) is 21.1 Å². The Morgan fingerprint density at radius 2 is 2.12 bits per heavy atom. The lowest BCUT2D eigenvalue weighted by atomic mass is 9.72. The molecule has 0 amide bonds. The van der Waals surface area contributed by atoms with E-state index in [0.717, 1.165) is 34.2 Å². The molecule has 1 fully saturated rings. The molecule has 2 N–H and O–H groups in total. The smallest absolute Gasteiger partial charge is 0.189 e. The van der Waals surface area contributed by atoms with E-state index in [4.69, 9.17) is 15.2 Å². The van der Waals surface area contributed by atoms with E-state index in [-0.39, 0.29) is 5.54 Å². The van der Waals surface area contributed by atoms with Crippen LogP contribution in [0.25, 0.3) is 0 Å². The molecule has 86 valence electrons. The lowest BCUT2D eigenvalue weighted by Crippen LogP contribution is -2.44. The highest BCUT2D eigenvalue weighted by Crippen LogP contribution is 2.45. The molecule has 3 nitrogen and oxygen atoms in total. The Morgan fingerprint density at radius 1 is 1.31 bits per heavy atom. The molecular formula is C12H14BrNO2. The van der Waals surface area contributed by atoms with Gasteiger partial charge in [-0.1, -0.05) is 15.9 Å². The fourth-order valence-electron chi connectivity index (χ4n) is 2.38. The van der Waals surface area contributed by atoms with Crippen molar-refractivity contribution in [2.75, 3.05) is 6.79 Å². The number of hydrogen-bond donors (Lipinski definition) is 1. The zero-order valence-corrected chi connectivity index (χ0v) is 10.5. The first-order valence-electron chi connectivity index (χ1n) is 5.51. The standard InChI is InChI=1S/C12H14BrNO2/c13-9-4-8-6-15-7-16-11(8)10(5-9)12(14)2-1-3-12/h4-5H,1-3,6-7,14H2. The molecule has 0 radical (unpaired) electrons. The van der Waals surface area contributed by atoms with Crippen LogP contribution < -0.4 is 10.5 Å². The first-order valence-corrected chi connectivity index (χ1v) is 6.31. The molecular weight excluding hydrogens is 270 g/mol. The molecule has 0 atom stereocenters. The third-order valence-electron chi connectivity index (χ3n) is 3.46. The van der Waals surface area contributed by atoms with Crippen molar-refractivity contribution >= 4 is 15.9 Å². The second-order valence-electron chi connectivity index (χ2n) is 4.56. The third kappa shape index (κ3) is 1.56. The van der Waals surface area contributed by atoms with Crippen molar-refractivity contribution in [1.29, 1.82) is 0 Å². The molecule has 0 spiro atoms. The molecule has 1 aromatic rings. The summed E-state index contributed by atoms with van der Waals surface area (Å²) in [6.07, 6.45) is 3.29. The van der Waals surface area contributed by atoms with Crippen molar-refractivity contribution in [3.05, 3.63) is 27.7 Å². The molecule has 1 aliphatic carbocycles. The zero-order valence-electron chi connectivity index (χ0n) is 8.96. The number of nitrogens with two attached hydrogens (primary N) is 1. The molecule has 16 heavy (non-hydrogen) atoms. The summed E-state index contributed by atoms with van der Waals surface area (Å²) in [4.78, 5) is 0. The first kappa shape index (κ1) is 10.6. The Kier molecular flexibility index (Phi) is 2.46. The maximum Gasteiger partial charge on any atom is 0.189 e. The van der Waals surface area contributed by atoms with Gasteiger partial charge in [-0.15, -0.1) is 0 Å². The predicted octanol–water partition coefficient (Wildman–Crippen LogP) is 2.65. The average Bonchev–Trinajstić information content (AvgIpc) is 2.24. The van der Waals surface area contributed by atoms with Gasteiger partial charge in [0.15, 0.2) is 6.79 Å². The van der Waals surface area contributed by atoms with Crippen molar-refractivity contribution in [2.24, 2.45) is 5.73 Å². The number of ether oxygens (including phenoxy) is 2. The van der Waals surface area contributed by atoms with Crippen LogP contribution in [-0.4, -0.2) is 6.79 Å². The molecule has 1 heterocycles. The van der Waals surface area contributed by atoms with Crippen LogP contribution in [0.5, 0.6) is 5.75 Å². The summed E-state index contributed by atoms with van der Waals surface area (Å²) >= 11 is 3.52. The summed E-state index contributed by atoms with van der Waals surface area (Å²) < 4.78 is 11.9. The summed E-state index contributed by atoms with van der Waals surface area (Å²) in [7, 11) is 0. The van der Waals surface area contributed by atoms with Crippen molar-refractivity contribution in [1.82, 2.24) is 0 Å². The van der Waals surface area contributed by atoms with E-state index >= 15 is 0 Å². The van der Waals surface area contributed by atoms with Crippen molar-refractivity contribution in [2.45, 2.75) is 31.4 Å². The van der Waals surface area contributed by atoms with Gasteiger partial charge in [-0.2, -0.15) is 0 Å². The Bertz CT molecular complexity index is 429. The van der Waals surface area contributed by atoms with Gasteiger partial charge in [0.2, 0.25) is 0 Å². The number of fused-ring (bicyclic) bond motifs is 1. The monoisotopic (exact) mass is 283 g/mol. The Morgan fingerprint density at radius 3 is 2.81 bits per heavy atom. The largest absolute Gasteiger partial charge is 0.467 e. The van der Waals surface area contributed by atoms with Gasteiger partial charge >= 0.3 is 0 Å². The van der Waals surface area contributed by atoms with Gasteiger partial charge in [-0.25, -0.2) is 0 Å². The SMILES string of the molecule is NC1(c2cc(Br)cc3c2OCOC3)CCC1. The number of benzene rings is 1. The second-order valence-corrected chi connectivity index (χ2v) is 5.48. The minimum absolute atomic E-state index is 0.189. The summed E-state index contributed by atoms with van der Waals surface area (Å²) in [5, 5.41) is 0. The van der Waals surface area contributed by atoms with Crippen LogP contribution in [-0.2, 0) is 16.9 Å². The van der Waals surface area contributed by atoms with E-state index in [1.165, 1.54) is 6.42 Å². The summed E-state index contributed by atoms with van der Waals surface area (Å²) in [6, 6.07) is 4.13. The van der Waals surface area contributed by atoms with Gasteiger partial charge in [-0.3, -0.25) is 0 Å². The van der Waals surface area contributed by atoms with Crippen LogP contribution in [0.15, 0.2) is 16.6 Å². The van der Waals surface area contributed by atoms with E-state index in [0.29, 0.717) is 13.4 Å². The van der Waals surface area contributed by atoms with E-state index in [1.807, 2.05) is 6.07 Å². The molecule has 1 aliphatic heterocycles. The predicted molar refractivity (Wildman–Crippen MR) is 64.1 cm³/mol. The van der Waals surface area contributed by atoms with E-state index in [9.17, 15) is 0 Å².